The van der Waals surface area contributed by atoms with Gasteiger partial charge in [0.1, 0.15) is 23.2 Å². The van der Waals surface area contributed by atoms with Crippen molar-refractivity contribution >= 4 is 0 Å². The fourth-order valence-electron chi connectivity index (χ4n) is 4.25. The van der Waals surface area contributed by atoms with Crippen LogP contribution in [0.1, 0.15) is 11.1 Å². The molecule has 0 aromatic heterocycles. The Hall–Kier alpha value is -2.86. The second-order valence-electron chi connectivity index (χ2n) is 7.75. The summed E-state index contributed by atoms with van der Waals surface area (Å²) >= 11 is 0. The van der Waals surface area contributed by atoms with Crippen LogP contribution in [0.15, 0.2) is 72.8 Å². The van der Waals surface area contributed by atoms with Gasteiger partial charge in [0, 0.05) is 31.1 Å². The van der Waals surface area contributed by atoms with E-state index < -0.39 is 5.60 Å². The SMILES string of the molecule is COc1ccc(-c2ccccc2CC(O)(c2ccccc2)C2CNCCO2)c(OC)c1. The molecule has 0 saturated carbocycles. The number of morpholine rings is 1. The van der Waals surface area contributed by atoms with Gasteiger partial charge in [-0.3, -0.25) is 0 Å². The Balaban J connectivity index is 1.78. The van der Waals surface area contributed by atoms with Crippen molar-refractivity contribution in [1.29, 1.82) is 0 Å². The van der Waals surface area contributed by atoms with Crippen LogP contribution in [0.5, 0.6) is 11.5 Å². The molecule has 1 aliphatic heterocycles. The van der Waals surface area contributed by atoms with Crippen molar-refractivity contribution in [3.63, 3.8) is 0 Å². The van der Waals surface area contributed by atoms with Crippen molar-refractivity contribution in [1.82, 2.24) is 5.32 Å². The Labute approximate surface area is 183 Å². The first-order valence-corrected chi connectivity index (χ1v) is 10.6. The fourth-order valence-corrected chi connectivity index (χ4v) is 4.25. The molecule has 1 aliphatic rings. The van der Waals surface area contributed by atoms with E-state index in [4.69, 9.17) is 14.2 Å². The summed E-state index contributed by atoms with van der Waals surface area (Å²) in [5.41, 5.74) is 2.66. The molecule has 0 spiro atoms. The van der Waals surface area contributed by atoms with E-state index in [1.54, 1.807) is 14.2 Å². The van der Waals surface area contributed by atoms with Gasteiger partial charge in [-0.15, -0.1) is 0 Å². The van der Waals surface area contributed by atoms with Crippen LogP contribution in [-0.2, 0) is 16.8 Å². The Bertz CT molecular complexity index is 1000. The first-order valence-electron chi connectivity index (χ1n) is 10.6. The van der Waals surface area contributed by atoms with Crippen LogP contribution in [0.2, 0.25) is 0 Å². The Kier molecular flexibility index (Phi) is 6.56. The number of benzene rings is 3. The number of hydrogen-bond donors (Lipinski definition) is 2. The van der Waals surface area contributed by atoms with Crippen LogP contribution >= 0.6 is 0 Å². The molecule has 0 aliphatic carbocycles. The summed E-state index contributed by atoms with van der Waals surface area (Å²) in [5, 5.41) is 15.4. The molecule has 5 nitrogen and oxygen atoms in total. The molecule has 0 bridgehead atoms. The van der Waals surface area contributed by atoms with Crippen molar-refractivity contribution in [2.24, 2.45) is 0 Å². The zero-order valence-electron chi connectivity index (χ0n) is 18.0. The van der Waals surface area contributed by atoms with E-state index in [-0.39, 0.29) is 6.10 Å². The molecule has 3 aromatic carbocycles. The maximum Gasteiger partial charge on any atom is 0.130 e. The van der Waals surface area contributed by atoms with E-state index in [9.17, 15) is 5.11 Å². The number of aliphatic hydroxyl groups is 1. The van der Waals surface area contributed by atoms with Gasteiger partial charge in [-0.1, -0.05) is 54.6 Å². The average molecular weight is 420 g/mol. The summed E-state index contributed by atoms with van der Waals surface area (Å²) in [6.07, 6.45) is 0.0591. The van der Waals surface area contributed by atoms with Gasteiger partial charge in [0.25, 0.3) is 0 Å². The highest BCUT2D eigenvalue weighted by Crippen LogP contribution is 2.39. The maximum atomic E-state index is 12.0. The molecule has 0 radical (unpaired) electrons. The van der Waals surface area contributed by atoms with Crippen molar-refractivity contribution in [2.75, 3.05) is 33.9 Å². The second-order valence-corrected chi connectivity index (χ2v) is 7.75. The minimum atomic E-state index is -1.18. The maximum absolute atomic E-state index is 12.0. The van der Waals surface area contributed by atoms with Crippen molar-refractivity contribution < 1.29 is 19.3 Å². The van der Waals surface area contributed by atoms with Crippen molar-refractivity contribution in [3.8, 4) is 22.6 Å². The minimum Gasteiger partial charge on any atom is -0.497 e. The number of hydrogen-bond acceptors (Lipinski definition) is 5. The highest BCUT2D eigenvalue weighted by Gasteiger charge is 2.41. The molecule has 31 heavy (non-hydrogen) atoms. The molecule has 4 rings (SSSR count). The zero-order chi connectivity index (χ0) is 21.7. The van der Waals surface area contributed by atoms with Gasteiger partial charge in [0.15, 0.2) is 0 Å². The van der Waals surface area contributed by atoms with E-state index >= 15 is 0 Å². The van der Waals surface area contributed by atoms with Gasteiger partial charge in [-0.2, -0.15) is 0 Å². The Morgan fingerprint density at radius 1 is 0.968 bits per heavy atom. The lowest BCUT2D eigenvalue weighted by Crippen LogP contribution is -2.52. The first-order chi connectivity index (χ1) is 15.2. The Morgan fingerprint density at radius 3 is 2.45 bits per heavy atom. The van der Waals surface area contributed by atoms with Crippen LogP contribution in [0.25, 0.3) is 11.1 Å². The molecule has 2 atom stereocenters. The normalized spacial score (nSPS) is 18.2. The van der Waals surface area contributed by atoms with E-state index in [0.29, 0.717) is 19.6 Å². The number of nitrogens with one attached hydrogen (secondary N) is 1. The summed E-state index contributed by atoms with van der Waals surface area (Å²) in [4.78, 5) is 0. The second kappa shape index (κ2) is 9.52. The smallest absolute Gasteiger partial charge is 0.130 e. The summed E-state index contributed by atoms with van der Waals surface area (Å²) < 4.78 is 17.0. The van der Waals surface area contributed by atoms with Gasteiger partial charge in [-0.25, -0.2) is 0 Å². The predicted octanol–water partition coefficient (Wildman–Crippen LogP) is 3.79. The quantitative estimate of drug-likeness (QED) is 0.610. The lowest BCUT2D eigenvalue weighted by atomic mass is 9.80. The fraction of sp³-hybridized carbons (Fsp3) is 0.308. The molecule has 2 unspecified atom stereocenters. The summed E-state index contributed by atoms with van der Waals surface area (Å²) in [6, 6.07) is 23.7. The third-order valence-corrected chi connectivity index (χ3v) is 5.91. The highest BCUT2D eigenvalue weighted by molar-refractivity contribution is 5.74. The van der Waals surface area contributed by atoms with Crippen molar-refractivity contribution in [3.05, 3.63) is 83.9 Å². The van der Waals surface area contributed by atoms with E-state index in [1.165, 1.54) is 0 Å². The highest BCUT2D eigenvalue weighted by atomic mass is 16.5. The van der Waals surface area contributed by atoms with E-state index in [2.05, 4.69) is 17.4 Å². The molecule has 1 saturated heterocycles. The standard InChI is InChI=1S/C26H29NO4/c1-29-21-12-13-23(24(16-21)30-2)22-11-7-6-8-19(22)17-26(28,20-9-4-3-5-10-20)25-18-27-14-15-31-25/h3-13,16,25,27-28H,14-15,17-18H2,1-2H3. The largest absolute Gasteiger partial charge is 0.497 e. The van der Waals surface area contributed by atoms with Crippen LogP contribution in [-0.4, -0.2) is 45.1 Å². The lowest BCUT2D eigenvalue weighted by Gasteiger charge is -2.39. The summed E-state index contributed by atoms with van der Waals surface area (Å²) in [7, 11) is 3.29. The van der Waals surface area contributed by atoms with E-state index in [1.807, 2.05) is 60.7 Å². The minimum absolute atomic E-state index is 0.352. The van der Waals surface area contributed by atoms with Crippen LogP contribution in [0.4, 0.5) is 0 Å². The first kappa shape index (κ1) is 21.4. The zero-order valence-corrected chi connectivity index (χ0v) is 18.0. The van der Waals surface area contributed by atoms with Gasteiger partial charge in [-0.05, 0) is 28.8 Å². The number of ether oxygens (including phenoxy) is 3. The predicted molar refractivity (Wildman–Crippen MR) is 122 cm³/mol. The number of methoxy groups -OCH3 is 2. The van der Waals surface area contributed by atoms with Crippen LogP contribution < -0.4 is 14.8 Å². The number of rotatable bonds is 7. The molecule has 2 N–H and O–H groups in total. The monoisotopic (exact) mass is 419 g/mol. The molecule has 5 heteroatoms. The molecular weight excluding hydrogens is 390 g/mol. The summed E-state index contributed by atoms with van der Waals surface area (Å²) in [6.45, 7) is 1.97. The summed E-state index contributed by atoms with van der Waals surface area (Å²) in [5.74, 6) is 1.46. The lowest BCUT2D eigenvalue weighted by molar-refractivity contribution is -0.124. The van der Waals surface area contributed by atoms with Gasteiger partial charge >= 0.3 is 0 Å². The third kappa shape index (κ3) is 4.44. The van der Waals surface area contributed by atoms with Gasteiger partial charge in [0.2, 0.25) is 0 Å². The molecule has 3 aromatic rings. The molecule has 162 valence electrons. The Morgan fingerprint density at radius 2 is 1.74 bits per heavy atom. The molecule has 0 amide bonds. The molecule has 1 heterocycles. The van der Waals surface area contributed by atoms with Gasteiger partial charge < -0.3 is 24.6 Å². The van der Waals surface area contributed by atoms with Crippen LogP contribution in [0.3, 0.4) is 0 Å². The molecular formula is C26H29NO4. The third-order valence-electron chi connectivity index (χ3n) is 5.91. The average Bonchev–Trinajstić information content (AvgIpc) is 2.85. The van der Waals surface area contributed by atoms with E-state index in [0.717, 1.165) is 40.3 Å². The van der Waals surface area contributed by atoms with Gasteiger partial charge in [0.05, 0.1) is 20.8 Å². The topological polar surface area (TPSA) is 60.0 Å². The molecule has 1 fully saturated rings. The van der Waals surface area contributed by atoms with Crippen molar-refractivity contribution in [2.45, 2.75) is 18.1 Å². The van der Waals surface area contributed by atoms with Crippen LogP contribution in [0, 0.1) is 0 Å².